The van der Waals surface area contributed by atoms with Gasteiger partial charge in [0.2, 0.25) is 5.82 Å². The largest absolute Gasteiger partial charge is 0.493 e. The number of benzene rings is 1. The highest BCUT2D eigenvalue weighted by Gasteiger charge is 2.25. The van der Waals surface area contributed by atoms with Crippen LogP contribution in [0, 0.1) is 10.1 Å². The van der Waals surface area contributed by atoms with Gasteiger partial charge in [0.05, 0.1) is 12.6 Å². The average molecular weight is 330 g/mol. The number of imidazole rings is 1. The quantitative estimate of drug-likeness (QED) is 0.585. The fourth-order valence-electron chi connectivity index (χ4n) is 2.81. The highest BCUT2D eigenvalue weighted by atomic mass is 32.1. The summed E-state index contributed by atoms with van der Waals surface area (Å²) < 4.78 is 7.00. The molecule has 0 fully saturated rings. The standard InChI is InChI=1S/C15H14N4O3S/c1-9(10-2-3-12-11(8-10)4-6-22-12)16-13-14(19(20)21)18-5-7-23-15(18)17-13/h2-3,5,7-9,16H,4,6H2,1H3/t9-/m1/s1. The molecule has 1 atom stereocenters. The maximum absolute atomic E-state index is 11.4. The van der Waals surface area contributed by atoms with Gasteiger partial charge >= 0.3 is 5.82 Å². The Morgan fingerprint density at radius 3 is 3.22 bits per heavy atom. The van der Waals surface area contributed by atoms with Gasteiger partial charge in [-0.1, -0.05) is 17.4 Å². The van der Waals surface area contributed by atoms with E-state index in [0.29, 0.717) is 17.4 Å². The highest BCUT2D eigenvalue weighted by Crippen LogP contribution is 2.33. The summed E-state index contributed by atoms with van der Waals surface area (Å²) in [5, 5.41) is 16.3. The Balaban J connectivity index is 1.66. The van der Waals surface area contributed by atoms with E-state index in [1.807, 2.05) is 19.1 Å². The van der Waals surface area contributed by atoms with Crippen LogP contribution >= 0.6 is 11.3 Å². The summed E-state index contributed by atoms with van der Waals surface area (Å²) >= 11 is 1.37. The SMILES string of the molecule is C[C@@H](Nc1nc2sccn2c1[N+](=O)[O-])c1ccc2c(c1)CCO2. The minimum absolute atomic E-state index is 0.0300. The number of anilines is 1. The molecule has 0 radical (unpaired) electrons. The first-order valence-corrected chi connectivity index (χ1v) is 8.13. The van der Waals surface area contributed by atoms with Gasteiger partial charge in [-0.05, 0) is 35.1 Å². The van der Waals surface area contributed by atoms with Crippen LogP contribution in [-0.2, 0) is 6.42 Å². The molecular weight excluding hydrogens is 316 g/mol. The minimum atomic E-state index is -0.404. The van der Waals surface area contributed by atoms with E-state index < -0.39 is 4.92 Å². The van der Waals surface area contributed by atoms with Gasteiger partial charge in [-0.15, -0.1) is 0 Å². The molecule has 1 N–H and O–H groups in total. The zero-order valence-corrected chi connectivity index (χ0v) is 13.2. The van der Waals surface area contributed by atoms with Crippen molar-refractivity contribution in [1.82, 2.24) is 9.38 Å². The van der Waals surface area contributed by atoms with Gasteiger partial charge in [-0.25, -0.2) is 0 Å². The van der Waals surface area contributed by atoms with Crippen molar-refractivity contribution in [3.05, 3.63) is 51.0 Å². The van der Waals surface area contributed by atoms with Gasteiger partial charge < -0.3 is 20.2 Å². The second kappa shape index (κ2) is 5.24. The lowest BCUT2D eigenvalue weighted by Gasteiger charge is -2.14. The Kier molecular flexibility index (Phi) is 3.19. The van der Waals surface area contributed by atoms with Crippen LogP contribution in [-0.4, -0.2) is 20.9 Å². The molecule has 0 saturated heterocycles. The number of nitrogens with one attached hydrogen (secondary N) is 1. The highest BCUT2D eigenvalue weighted by molar-refractivity contribution is 7.15. The molecule has 0 spiro atoms. The second-order valence-corrected chi connectivity index (χ2v) is 6.30. The maximum atomic E-state index is 11.4. The van der Waals surface area contributed by atoms with Crippen molar-refractivity contribution >= 4 is 27.9 Å². The van der Waals surface area contributed by atoms with E-state index in [4.69, 9.17) is 4.74 Å². The molecule has 2 aromatic heterocycles. The van der Waals surface area contributed by atoms with Crippen LogP contribution in [0.4, 0.5) is 11.6 Å². The number of fused-ring (bicyclic) bond motifs is 2. The van der Waals surface area contributed by atoms with E-state index in [2.05, 4.69) is 16.4 Å². The maximum Gasteiger partial charge on any atom is 0.372 e. The number of nitrogens with zero attached hydrogens (tertiary/aromatic N) is 3. The monoisotopic (exact) mass is 330 g/mol. The molecule has 0 saturated carbocycles. The van der Waals surface area contributed by atoms with Crippen molar-refractivity contribution in [2.75, 3.05) is 11.9 Å². The van der Waals surface area contributed by atoms with Crippen LogP contribution in [0.25, 0.3) is 4.96 Å². The number of hydrogen-bond donors (Lipinski definition) is 1. The van der Waals surface area contributed by atoms with Gasteiger partial charge in [0.25, 0.3) is 4.96 Å². The first kappa shape index (κ1) is 14.0. The van der Waals surface area contributed by atoms with Gasteiger partial charge in [0, 0.05) is 11.8 Å². The molecule has 1 aliphatic heterocycles. The predicted molar refractivity (Wildman–Crippen MR) is 87.4 cm³/mol. The van der Waals surface area contributed by atoms with Crippen LogP contribution in [0.2, 0.25) is 0 Å². The number of nitro groups is 1. The van der Waals surface area contributed by atoms with Crippen LogP contribution in [0.3, 0.4) is 0 Å². The van der Waals surface area contributed by atoms with E-state index in [9.17, 15) is 10.1 Å². The van der Waals surface area contributed by atoms with Crippen LogP contribution in [0.5, 0.6) is 5.75 Å². The van der Waals surface area contributed by atoms with Crippen molar-refractivity contribution < 1.29 is 9.66 Å². The molecule has 1 aliphatic rings. The topological polar surface area (TPSA) is 81.7 Å². The molecule has 0 bridgehead atoms. The third-order valence-corrected chi connectivity index (χ3v) is 4.73. The van der Waals surface area contributed by atoms with E-state index in [1.165, 1.54) is 21.3 Å². The molecule has 118 valence electrons. The Bertz CT molecular complexity index is 901. The zero-order valence-electron chi connectivity index (χ0n) is 12.4. The fourth-order valence-corrected chi connectivity index (χ4v) is 3.52. The fraction of sp³-hybridized carbons (Fsp3) is 0.267. The summed E-state index contributed by atoms with van der Waals surface area (Å²) in [6.07, 6.45) is 2.56. The Labute approximate surface area is 135 Å². The minimum Gasteiger partial charge on any atom is -0.493 e. The predicted octanol–water partition coefficient (Wildman–Crippen LogP) is 3.41. The molecule has 3 aromatic rings. The first-order chi connectivity index (χ1) is 11.1. The van der Waals surface area contributed by atoms with Crippen LogP contribution < -0.4 is 10.1 Å². The molecule has 0 aliphatic carbocycles. The third kappa shape index (κ3) is 2.31. The molecule has 1 aromatic carbocycles. The number of aromatic nitrogens is 2. The third-order valence-electron chi connectivity index (χ3n) is 3.98. The molecule has 0 unspecified atom stereocenters. The summed E-state index contributed by atoms with van der Waals surface area (Å²) in [7, 11) is 0. The van der Waals surface area contributed by atoms with Crippen LogP contribution in [0.1, 0.15) is 24.1 Å². The Morgan fingerprint density at radius 2 is 2.39 bits per heavy atom. The number of thiazole rings is 1. The van der Waals surface area contributed by atoms with Gasteiger partial charge in [0.1, 0.15) is 11.9 Å². The lowest BCUT2D eigenvalue weighted by Crippen LogP contribution is -2.09. The molecule has 4 rings (SSSR count). The van der Waals surface area contributed by atoms with Crippen molar-refractivity contribution in [3.8, 4) is 5.75 Å². The Hall–Kier alpha value is -2.61. The summed E-state index contributed by atoms with van der Waals surface area (Å²) in [5.74, 6) is 1.19. The van der Waals surface area contributed by atoms with Crippen molar-refractivity contribution in [1.29, 1.82) is 0 Å². The molecule has 7 nitrogen and oxygen atoms in total. The normalized spacial score (nSPS) is 14.5. The van der Waals surface area contributed by atoms with Gasteiger partial charge in [0.15, 0.2) is 0 Å². The molecule has 8 heteroatoms. The van der Waals surface area contributed by atoms with Crippen molar-refractivity contribution in [2.24, 2.45) is 0 Å². The lowest BCUT2D eigenvalue weighted by atomic mass is 10.0. The van der Waals surface area contributed by atoms with Crippen LogP contribution in [0.15, 0.2) is 29.8 Å². The Morgan fingerprint density at radius 1 is 1.52 bits per heavy atom. The number of ether oxygens (including phenoxy) is 1. The zero-order chi connectivity index (χ0) is 16.0. The van der Waals surface area contributed by atoms with Gasteiger partial charge in [-0.2, -0.15) is 9.38 Å². The smallest absolute Gasteiger partial charge is 0.372 e. The van der Waals surface area contributed by atoms with Gasteiger partial charge in [-0.3, -0.25) is 0 Å². The van der Waals surface area contributed by atoms with Crippen molar-refractivity contribution in [2.45, 2.75) is 19.4 Å². The molecule has 3 heterocycles. The van der Waals surface area contributed by atoms with E-state index in [-0.39, 0.29) is 11.9 Å². The first-order valence-electron chi connectivity index (χ1n) is 7.25. The molecule has 23 heavy (non-hydrogen) atoms. The van der Waals surface area contributed by atoms with E-state index in [1.54, 1.807) is 11.6 Å². The molecule has 0 amide bonds. The van der Waals surface area contributed by atoms with Crippen molar-refractivity contribution in [3.63, 3.8) is 0 Å². The molecular formula is C15H14N4O3S. The average Bonchev–Trinajstić information content (AvgIpc) is 3.20. The van der Waals surface area contributed by atoms with E-state index in [0.717, 1.165) is 17.7 Å². The van der Waals surface area contributed by atoms with E-state index >= 15 is 0 Å². The summed E-state index contributed by atoms with van der Waals surface area (Å²) in [5.41, 5.74) is 2.23. The summed E-state index contributed by atoms with van der Waals surface area (Å²) in [4.78, 5) is 15.9. The summed E-state index contributed by atoms with van der Waals surface area (Å²) in [6.45, 7) is 2.68. The number of hydrogen-bond acceptors (Lipinski definition) is 6. The lowest BCUT2D eigenvalue weighted by molar-refractivity contribution is -0.389. The number of rotatable bonds is 4. The summed E-state index contributed by atoms with van der Waals surface area (Å²) in [6, 6.07) is 5.93. The second-order valence-electron chi connectivity index (χ2n) is 5.43.